The maximum Gasteiger partial charge on any atom is 0.257 e. The first-order valence-corrected chi connectivity index (χ1v) is 5.86. The molecule has 1 aromatic carbocycles. The van der Waals surface area contributed by atoms with Gasteiger partial charge in [-0.2, -0.15) is 0 Å². The molecule has 1 amide bonds. The molecule has 1 aromatic rings. The van der Waals surface area contributed by atoms with E-state index in [4.69, 9.17) is 16.3 Å². The molecule has 0 heterocycles. The summed E-state index contributed by atoms with van der Waals surface area (Å²) >= 11 is 5.74. The Hall–Kier alpha value is -1.29. The van der Waals surface area contributed by atoms with Gasteiger partial charge in [-0.3, -0.25) is 4.79 Å². The first-order valence-electron chi connectivity index (χ1n) is 5.48. The van der Waals surface area contributed by atoms with Crippen molar-refractivity contribution in [2.75, 3.05) is 13.2 Å². The molecule has 0 bridgehead atoms. The maximum atomic E-state index is 12.7. The van der Waals surface area contributed by atoms with Crippen molar-refractivity contribution < 1.29 is 13.9 Å². The molecule has 94 valence electrons. The average Bonchev–Trinajstić information content (AvgIpc) is 2.28. The second-order valence-corrected chi connectivity index (χ2v) is 3.97. The summed E-state index contributed by atoms with van der Waals surface area (Å²) in [5.74, 6) is -0.340. The van der Waals surface area contributed by atoms with Crippen molar-refractivity contribution in [2.45, 2.75) is 19.8 Å². The summed E-state index contributed by atoms with van der Waals surface area (Å²) in [6.45, 7) is 2.56. The second-order valence-electron chi connectivity index (χ2n) is 3.57. The van der Waals surface area contributed by atoms with Gasteiger partial charge >= 0.3 is 0 Å². The lowest BCUT2D eigenvalue weighted by Gasteiger charge is -2.08. The Bertz CT molecular complexity index is 385. The van der Waals surface area contributed by atoms with E-state index in [9.17, 15) is 9.18 Å². The molecule has 0 radical (unpaired) electrons. The molecule has 5 heteroatoms. The Morgan fingerprint density at radius 1 is 1.53 bits per heavy atom. The van der Waals surface area contributed by atoms with E-state index in [1.54, 1.807) is 0 Å². The molecule has 0 aliphatic heterocycles. The summed E-state index contributed by atoms with van der Waals surface area (Å²) in [6, 6.07) is 3.78. The van der Waals surface area contributed by atoms with Gasteiger partial charge in [0.25, 0.3) is 5.91 Å². The molecule has 0 fully saturated rings. The normalized spacial score (nSPS) is 10.1. The van der Waals surface area contributed by atoms with E-state index in [-0.39, 0.29) is 17.5 Å². The zero-order valence-corrected chi connectivity index (χ0v) is 10.4. The number of hydrogen-bond acceptors (Lipinski definition) is 2. The van der Waals surface area contributed by atoms with Crippen molar-refractivity contribution in [3.63, 3.8) is 0 Å². The van der Waals surface area contributed by atoms with Crippen molar-refractivity contribution in [1.29, 1.82) is 0 Å². The molecule has 0 atom stereocenters. The summed E-state index contributed by atoms with van der Waals surface area (Å²) in [4.78, 5) is 11.3. The standard InChI is InChI=1S/C12H15ClFNO2/c1-2-3-6-15-12(16)8-17-11-5-4-9(14)7-10(11)13/h4-5,7H,2-3,6,8H2,1H3,(H,15,16). The minimum Gasteiger partial charge on any atom is -0.482 e. The molecule has 0 saturated heterocycles. The SMILES string of the molecule is CCCCNC(=O)COc1ccc(F)cc1Cl. The lowest BCUT2D eigenvalue weighted by molar-refractivity contribution is -0.123. The second kappa shape index (κ2) is 7.12. The number of rotatable bonds is 6. The molecule has 0 unspecified atom stereocenters. The Morgan fingerprint density at radius 3 is 2.94 bits per heavy atom. The first kappa shape index (κ1) is 13.8. The number of ether oxygens (including phenoxy) is 1. The van der Waals surface area contributed by atoms with Gasteiger partial charge in [0.2, 0.25) is 0 Å². The molecule has 0 aliphatic rings. The molecule has 0 aliphatic carbocycles. The fourth-order valence-electron chi connectivity index (χ4n) is 1.19. The van der Waals surface area contributed by atoms with E-state index in [1.165, 1.54) is 12.1 Å². The Morgan fingerprint density at radius 2 is 2.29 bits per heavy atom. The summed E-state index contributed by atoms with van der Waals surface area (Å²) in [7, 11) is 0. The van der Waals surface area contributed by atoms with Crippen molar-refractivity contribution in [2.24, 2.45) is 0 Å². The van der Waals surface area contributed by atoms with Gasteiger partial charge in [0.1, 0.15) is 11.6 Å². The van der Waals surface area contributed by atoms with Gasteiger partial charge < -0.3 is 10.1 Å². The van der Waals surface area contributed by atoms with E-state index >= 15 is 0 Å². The zero-order valence-electron chi connectivity index (χ0n) is 9.63. The minimum atomic E-state index is -0.435. The van der Waals surface area contributed by atoms with Crippen molar-refractivity contribution in [1.82, 2.24) is 5.32 Å². The van der Waals surface area contributed by atoms with Gasteiger partial charge in [0.05, 0.1) is 5.02 Å². The molecule has 3 nitrogen and oxygen atoms in total. The number of benzene rings is 1. The van der Waals surface area contributed by atoms with Gasteiger partial charge in [-0.1, -0.05) is 24.9 Å². The predicted octanol–water partition coefficient (Wildman–Crippen LogP) is 2.77. The Labute approximate surface area is 105 Å². The van der Waals surface area contributed by atoms with Crippen LogP contribution in [0.4, 0.5) is 4.39 Å². The van der Waals surface area contributed by atoms with E-state index in [0.29, 0.717) is 12.3 Å². The third kappa shape index (κ3) is 5.04. The van der Waals surface area contributed by atoms with E-state index in [2.05, 4.69) is 5.32 Å². The van der Waals surface area contributed by atoms with Crippen LogP contribution in [0.2, 0.25) is 5.02 Å². The number of carbonyl (C=O) groups is 1. The molecule has 0 spiro atoms. The fraction of sp³-hybridized carbons (Fsp3) is 0.417. The highest BCUT2D eigenvalue weighted by Crippen LogP contribution is 2.24. The van der Waals surface area contributed by atoms with Crippen LogP contribution >= 0.6 is 11.6 Å². The van der Waals surface area contributed by atoms with Gasteiger partial charge in [0.15, 0.2) is 6.61 Å². The van der Waals surface area contributed by atoms with Crippen LogP contribution in [0.15, 0.2) is 18.2 Å². The van der Waals surface area contributed by atoms with Crippen LogP contribution in [0.1, 0.15) is 19.8 Å². The summed E-state index contributed by atoms with van der Waals surface area (Å²) in [6.07, 6.45) is 1.95. The summed E-state index contributed by atoms with van der Waals surface area (Å²) in [5.41, 5.74) is 0. The predicted molar refractivity (Wildman–Crippen MR) is 64.8 cm³/mol. The smallest absolute Gasteiger partial charge is 0.257 e. The average molecular weight is 260 g/mol. The number of unbranched alkanes of at least 4 members (excludes halogenated alkanes) is 1. The number of carbonyl (C=O) groups excluding carboxylic acids is 1. The quantitative estimate of drug-likeness (QED) is 0.798. The molecule has 1 rings (SSSR count). The largest absolute Gasteiger partial charge is 0.482 e. The Balaban J connectivity index is 2.37. The van der Waals surface area contributed by atoms with E-state index in [1.807, 2.05) is 6.92 Å². The lowest BCUT2D eigenvalue weighted by Crippen LogP contribution is -2.29. The fourth-order valence-corrected chi connectivity index (χ4v) is 1.41. The zero-order chi connectivity index (χ0) is 12.7. The van der Waals surface area contributed by atoms with Gasteiger partial charge in [0, 0.05) is 6.54 Å². The molecule has 1 N–H and O–H groups in total. The highest BCUT2D eigenvalue weighted by Gasteiger charge is 2.06. The summed E-state index contributed by atoms with van der Waals surface area (Å²) < 4.78 is 17.9. The summed E-state index contributed by atoms with van der Waals surface area (Å²) in [5, 5.41) is 2.86. The van der Waals surface area contributed by atoms with Crippen LogP contribution in [0, 0.1) is 5.82 Å². The highest BCUT2D eigenvalue weighted by molar-refractivity contribution is 6.32. The van der Waals surface area contributed by atoms with Gasteiger partial charge in [-0.25, -0.2) is 4.39 Å². The first-order chi connectivity index (χ1) is 8.13. The van der Waals surface area contributed by atoms with Crippen molar-refractivity contribution in [3.8, 4) is 5.75 Å². The monoisotopic (exact) mass is 259 g/mol. The van der Waals surface area contributed by atoms with Gasteiger partial charge in [-0.05, 0) is 24.6 Å². The molecular weight excluding hydrogens is 245 g/mol. The Kier molecular flexibility index (Phi) is 5.77. The third-order valence-electron chi connectivity index (χ3n) is 2.11. The number of halogens is 2. The molecule has 0 aromatic heterocycles. The molecular formula is C12H15ClFNO2. The van der Waals surface area contributed by atoms with Crippen LogP contribution in [0.25, 0.3) is 0 Å². The third-order valence-corrected chi connectivity index (χ3v) is 2.40. The lowest BCUT2D eigenvalue weighted by atomic mass is 10.3. The van der Waals surface area contributed by atoms with Crippen molar-refractivity contribution >= 4 is 17.5 Å². The van der Waals surface area contributed by atoms with Crippen LogP contribution in [-0.4, -0.2) is 19.1 Å². The minimum absolute atomic E-state index is 0.116. The maximum absolute atomic E-state index is 12.7. The van der Waals surface area contributed by atoms with Crippen LogP contribution in [0.5, 0.6) is 5.75 Å². The molecule has 17 heavy (non-hydrogen) atoms. The van der Waals surface area contributed by atoms with E-state index < -0.39 is 5.82 Å². The number of hydrogen-bond donors (Lipinski definition) is 1. The number of amides is 1. The van der Waals surface area contributed by atoms with Crippen LogP contribution in [0.3, 0.4) is 0 Å². The molecule has 0 saturated carbocycles. The van der Waals surface area contributed by atoms with Gasteiger partial charge in [-0.15, -0.1) is 0 Å². The highest BCUT2D eigenvalue weighted by atomic mass is 35.5. The van der Waals surface area contributed by atoms with Crippen molar-refractivity contribution in [3.05, 3.63) is 29.0 Å². The number of nitrogens with one attached hydrogen (secondary N) is 1. The van der Waals surface area contributed by atoms with E-state index in [0.717, 1.165) is 18.9 Å². The van der Waals surface area contributed by atoms with Crippen LogP contribution < -0.4 is 10.1 Å². The topological polar surface area (TPSA) is 38.3 Å². The van der Waals surface area contributed by atoms with Crippen LogP contribution in [-0.2, 0) is 4.79 Å².